The minimum atomic E-state index is -4.23. The highest BCUT2D eigenvalue weighted by atomic mass is 16.6. The van der Waals surface area contributed by atoms with Gasteiger partial charge in [0.15, 0.2) is 0 Å². The molecule has 0 spiro atoms. The van der Waals surface area contributed by atoms with Crippen LogP contribution in [0.1, 0.15) is 13.3 Å². The Labute approximate surface area is 94.8 Å². The van der Waals surface area contributed by atoms with Crippen LogP contribution >= 0.6 is 0 Å². The van der Waals surface area contributed by atoms with E-state index in [4.69, 9.17) is 40.9 Å². The lowest BCUT2D eigenvalue weighted by molar-refractivity contribution is -0.376. The van der Waals surface area contributed by atoms with Crippen molar-refractivity contribution in [1.29, 1.82) is 0 Å². The van der Waals surface area contributed by atoms with Gasteiger partial charge in [-0.2, -0.15) is 0 Å². The zero-order valence-corrected chi connectivity index (χ0v) is 8.77. The highest BCUT2D eigenvalue weighted by molar-refractivity contribution is 5.93. The first-order chi connectivity index (χ1) is 7.22. The van der Waals surface area contributed by atoms with Crippen molar-refractivity contribution >= 4 is 5.78 Å². The largest absolute Gasteiger partial charge is 0.361 e. The van der Waals surface area contributed by atoms with E-state index in [9.17, 15) is 4.79 Å². The van der Waals surface area contributed by atoms with Crippen molar-refractivity contribution in [3.8, 4) is 0 Å². The third-order valence-electron chi connectivity index (χ3n) is 2.20. The Morgan fingerprint density at radius 2 is 1.29 bits per heavy atom. The number of Topliss-reactive ketones (excluding diaryl/α,β-unsaturated/α-hetero) is 1. The zero-order chi connectivity index (χ0) is 14.3. The maximum Gasteiger partial charge on any atom is 0.301 e. The average molecular weight is 257 g/mol. The summed E-state index contributed by atoms with van der Waals surface area (Å²) in [5.74, 6) is -18.2. The lowest BCUT2D eigenvalue weighted by Crippen LogP contribution is -2.73. The number of carbonyl (C=O) groups excluding carboxylic acids is 1. The highest BCUT2D eigenvalue weighted by Crippen LogP contribution is 2.28. The molecule has 0 atom stereocenters. The van der Waals surface area contributed by atoms with Crippen molar-refractivity contribution in [1.82, 2.24) is 0 Å². The Balaban J connectivity index is 5.47. The van der Waals surface area contributed by atoms with E-state index in [1.54, 1.807) is 0 Å². The fourth-order valence-corrected chi connectivity index (χ4v) is 0.838. The Hall–Kier alpha value is -0.690. The normalized spacial score (nSPS) is 14.9. The van der Waals surface area contributed by atoms with E-state index in [0.717, 1.165) is 6.92 Å². The van der Waals surface area contributed by atoms with Crippen molar-refractivity contribution in [2.24, 2.45) is 5.73 Å². The van der Waals surface area contributed by atoms with Crippen molar-refractivity contribution < 1.29 is 45.6 Å². The van der Waals surface area contributed by atoms with E-state index in [1.165, 1.54) is 0 Å². The summed E-state index contributed by atoms with van der Waals surface area (Å²) >= 11 is 0. The first kappa shape index (κ1) is 16.3. The maximum atomic E-state index is 11.2. The van der Waals surface area contributed by atoms with Crippen molar-refractivity contribution in [3.05, 3.63) is 0 Å². The molecule has 10 N–H and O–H groups in total. The topological polar surface area (TPSA) is 205 Å². The summed E-state index contributed by atoms with van der Waals surface area (Å²) in [5.41, 5.74) is 4.40. The van der Waals surface area contributed by atoms with Crippen LogP contribution in [0.3, 0.4) is 0 Å². The van der Waals surface area contributed by atoms with Gasteiger partial charge in [0.2, 0.25) is 5.79 Å². The third-order valence-corrected chi connectivity index (χ3v) is 2.20. The van der Waals surface area contributed by atoms with Crippen molar-refractivity contribution in [2.45, 2.75) is 36.6 Å². The van der Waals surface area contributed by atoms with Gasteiger partial charge < -0.3 is 40.9 Å². The molecule has 102 valence electrons. The Morgan fingerprint density at radius 3 is 1.53 bits per heavy atom. The predicted octanol–water partition coefficient (Wildman–Crippen LogP) is -5.39. The van der Waals surface area contributed by atoms with Crippen LogP contribution in [-0.2, 0) is 4.79 Å². The molecule has 17 heavy (non-hydrogen) atoms. The second-order valence-corrected chi connectivity index (χ2v) is 3.57. The van der Waals surface area contributed by atoms with Crippen LogP contribution in [0.5, 0.6) is 0 Å². The maximum absolute atomic E-state index is 11.2. The number of rotatable bonds is 5. The van der Waals surface area contributed by atoms with Crippen LogP contribution in [0.2, 0.25) is 0 Å². The Bertz CT molecular complexity index is 303. The number of aliphatic hydroxyl groups is 8. The second-order valence-electron chi connectivity index (χ2n) is 3.57. The molecule has 0 fully saturated rings. The fraction of sp³-hybridized carbons (Fsp3) is 0.857. The summed E-state index contributed by atoms with van der Waals surface area (Å²) in [6, 6.07) is 0. The van der Waals surface area contributed by atoms with Crippen LogP contribution in [-0.4, -0.2) is 69.9 Å². The molecule has 0 aromatic heterocycles. The molecule has 0 aromatic carbocycles. The van der Waals surface area contributed by atoms with Gasteiger partial charge in [-0.3, -0.25) is 10.5 Å². The molecule has 0 aliphatic heterocycles. The van der Waals surface area contributed by atoms with Crippen molar-refractivity contribution in [3.63, 3.8) is 0 Å². The zero-order valence-electron chi connectivity index (χ0n) is 8.77. The van der Waals surface area contributed by atoms with Crippen LogP contribution in [0.25, 0.3) is 0 Å². The van der Waals surface area contributed by atoms with E-state index >= 15 is 0 Å². The number of hydrogen-bond donors (Lipinski definition) is 9. The highest BCUT2D eigenvalue weighted by Gasteiger charge is 2.64. The fourth-order valence-electron chi connectivity index (χ4n) is 0.838. The van der Waals surface area contributed by atoms with E-state index in [2.05, 4.69) is 5.73 Å². The lowest BCUT2D eigenvalue weighted by atomic mass is 9.92. The molecule has 0 aliphatic carbocycles. The van der Waals surface area contributed by atoms with Crippen LogP contribution in [0.15, 0.2) is 0 Å². The van der Waals surface area contributed by atoms with E-state index in [-0.39, 0.29) is 0 Å². The molecule has 0 bridgehead atoms. The van der Waals surface area contributed by atoms with Gasteiger partial charge in [0.25, 0.3) is 17.5 Å². The molecular weight excluding hydrogens is 242 g/mol. The minimum Gasteiger partial charge on any atom is -0.361 e. The van der Waals surface area contributed by atoms with Gasteiger partial charge in [0.05, 0.1) is 0 Å². The summed E-state index contributed by atoms with van der Waals surface area (Å²) in [5, 5.41) is 71.5. The molecule has 0 aromatic rings. The third kappa shape index (κ3) is 2.60. The van der Waals surface area contributed by atoms with E-state index in [0.29, 0.717) is 0 Å². The molecular formula is C7H15NO9. The predicted molar refractivity (Wildman–Crippen MR) is 48.2 cm³/mol. The average Bonchev–Trinajstić information content (AvgIpc) is 2.14. The van der Waals surface area contributed by atoms with Gasteiger partial charge in [-0.05, 0) is 0 Å². The summed E-state index contributed by atoms with van der Waals surface area (Å²) < 4.78 is 0. The summed E-state index contributed by atoms with van der Waals surface area (Å²) in [6.45, 7) is 1.03. The van der Waals surface area contributed by atoms with Crippen LogP contribution in [0.4, 0.5) is 0 Å². The quantitative estimate of drug-likeness (QED) is 0.214. The van der Waals surface area contributed by atoms with Gasteiger partial charge in [0, 0.05) is 6.42 Å². The molecule has 10 nitrogen and oxygen atoms in total. The van der Waals surface area contributed by atoms with E-state index in [1.807, 2.05) is 0 Å². The minimum absolute atomic E-state index is 0.795. The molecule has 0 radical (unpaired) electrons. The first-order valence-electron chi connectivity index (χ1n) is 4.34. The molecule has 0 saturated carbocycles. The van der Waals surface area contributed by atoms with Gasteiger partial charge in [-0.15, -0.1) is 0 Å². The summed E-state index contributed by atoms with van der Waals surface area (Å²) in [6.07, 6.45) is -0.795. The first-order valence-corrected chi connectivity index (χ1v) is 4.34. The molecule has 0 saturated heterocycles. The Morgan fingerprint density at radius 1 is 0.941 bits per heavy atom. The monoisotopic (exact) mass is 257 g/mol. The molecule has 10 heteroatoms. The second kappa shape index (κ2) is 4.20. The SMILES string of the molecule is CCC(O)(O)C(O)(O)C(=O)C(O)(O)C(N)(O)O. The van der Waals surface area contributed by atoms with Crippen molar-refractivity contribution in [2.75, 3.05) is 0 Å². The number of nitrogens with two attached hydrogens (primary N) is 1. The van der Waals surface area contributed by atoms with Gasteiger partial charge in [-0.25, -0.2) is 0 Å². The molecule has 0 amide bonds. The van der Waals surface area contributed by atoms with Gasteiger partial charge >= 0.3 is 5.79 Å². The summed E-state index contributed by atoms with van der Waals surface area (Å²) in [4.78, 5) is 11.2. The number of hydrogen-bond acceptors (Lipinski definition) is 10. The molecule has 0 aliphatic rings. The molecule has 0 heterocycles. The Kier molecular flexibility index (Phi) is 4.03. The van der Waals surface area contributed by atoms with Gasteiger partial charge in [0.1, 0.15) is 0 Å². The van der Waals surface area contributed by atoms with Gasteiger partial charge in [-0.1, -0.05) is 6.92 Å². The summed E-state index contributed by atoms with van der Waals surface area (Å²) in [7, 11) is 0. The molecule has 0 rings (SSSR count). The van der Waals surface area contributed by atoms with E-state index < -0.39 is 35.5 Å². The smallest absolute Gasteiger partial charge is 0.301 e. The standard InChI is InChI=1S/C7H15NO9/c1-2-4(10,11)5(12,13)3(9)6(14,15)7(8,16)17/h10-17H,2,8H2,1H3. The lowest BCUT2D eigenvalue weighted by Gasteiger charge is -2.38. The van der Waals surface area contributed by atoms with Crippen LogP contribution in [0, 0.1) is 0 Å². The molecule has 0 unspecified atom stereocenters. The van der Waals surface area contributed by atoms with Crippen LogP contribution < -0.4 is 5.73 Å². The number of ketones is 1. The number of carbonyl (C=O) groups is 1.